The fourth-order valence-corrected chi connectivity index (χ4v) is 3.33. The molecule has 2 heterocycles. The Morgan fingerprint density at radius 1 is 1.15 bits per heavy atom. The fourth-order valence-electron chi connectivity index (χ4n) is 3.33. The van der Waals surface area contributed by atoms with Crippen LogP contribution in [0.4, 0.5) is 10.5 Å². The highest BCUT2D eigenvalue weighted by molar-refractivity contribution is 5.89. The Morgan fingerprint density at radius 2 is 1.96 bits per heavy atom. The van der Waals surface area contributed by atoms with E-state index in [1.165, 1.54) is 0 Å². The molecular weight excluding hydrogens is 330 g/mol. The van der Waals surface area contributed by atoms with E-state index in [2.05, 4.69) is 11.4 Å². The topological polar surface area (TPSA) is 74.6 Å². The van der Waals surface area contributed by atoms with Crippen LogP contribution in [0.1, 0.15) is 24.0 Å². The number of nitrogens with zero attached hydrogens (tertiary/aromatic N) is 2. The summed E-state index contributed by atoms with van der Waals surface area (Å²) < 4.78 is 12.1. The van der Waals surface area contributed by atoms with E-state index in [0.717, 1.165) is 11.3 Å². The highest BCUT2D eigenvalue weighted by Gasteiger charge is 2.41. The van der Waals surface area contributed by atoms with Gasteiger partial charge in [0.15, 0.2) is 0 Å². The molecule has 4 rings (SSSR count). The number of hydrogen-bond acceptors (Lipinski definition) is 4. The molecule has 0 unspecified atom stereocenters. The second-order valence-electron chi connectivity index (χ2n) is 6.52. The molecule has 1 fully saturated rings. The number of carbonyl (C=O) groups excluding carboxylic acids is 1. The zero-order chi connectivity index (χ0) is 18.0. The first-order valence-electron chi connectivity index (χ1n) is 8.64. The average molecular weight is 349 g/mol. The molecule has 0 aromatic heterocycles. The van der Waals surface area contributed by atoms with Gasteiger partial charge in [0.25, 0.3) is 0 Å². The predicted molar refractivity (Wildman–Crippen MR) is 95.6 cm³/mol. The van der Waals surface area contributed by atoms with Crippen molar-refractivity contribution in [2.45, 2.75) is 25.2 Å². The Kier molecular flexibility index (Phi) is 4.23. The molecular formula is C20H19N3O3. The van der Waals surface area contributed by atoms with Gasteiger partial charge in [-0.25, -0.2) is 4.79 Å². The van der Waals surface area contributed by atoms with E-state index in [0.29, 0.717) is 43.8 Å². The summed E-state index contributed by atoms with van der Waals surface area (Å²) in [5.74, 6) is 0.219. The summed E-state index contributed by atoms with van der Waals surface area (Å²) in [6.45, 7) is 1.63. The van der Waals surface area contributed by atoms with Crippen LogP contribution in [-0.4, -0.2) is 29.8 Å². The van der Waals surface area contributed by atoms with Crippen LogP contribution >= 0.6 is 0 Å². The number of likely N-dealkylation sites (tertiary alicyclic amines) is 1. The van der Waals surface area contributed by atoms with Gasteiger partial charge in [-0.15, -0.1) is 0 Å². The molecule has 0 radical (unpaired) electrons. The molecule has 0 aliphatic carbocycles. The van der Waals surface area contributed by atoms with Gasteiger partial charge in [0.2, 0.25) is 5.79 Å². The predicted octanol–water partition coefficient (Wildman–Crippen LogP) is 3.49. The quantitative estimate of drug-likeness (QED) is 0.855. The average Bonchev–Trinajstić information content (AvgIpc) is 2.68. The number of benzene rings is 2. The number of para-hydroxylation sites is 1. The fraction of sp³-hybridized carbons (Fsp3) is 0.300. The summed E-state index contributed by atoms with van der Waals surface area (Å²) in [7, 11) is 0. The van der Waals surface area contributed by atoms with E-state index >= 15 is 0 Å². The van der Waals surface area contributed by atoms with Crippen LogP contribution in [0.25, 0.3) is 0 Å². The van der Waals surface area contributed by atoms with Gasteiger partial charge in [0.1, 0.15) is 5.75 Å². The normalized spacial score (nSPS) is 17.7. The lowest BCUT2D eigenvalue weighted by molar-refractivity contribution is -0.225. The molecule has 0 bridgehead atoms. The molecule has 2 aliphatic heterocycles. The lowest BCUT2D eigenvalue weighted by Crippen LogP contribution is -2.53. The standard InChI is InChI=1S/C20H19N3O3/c21-13-15-4-3-6-17(12-15)22-19(24)23-10-8-20(9-11-23)25-14-16-5-1-2-7-18(16)26-20/h1-7,12H,8-11,14H2,(H,22,24). The van der Waals surface area contributed by atoms with E-state index in [-0.39, 0.29) is 6.03 Å². The minimum Gasteiger partial charge on any atom is -0.462 e. The van der Waals surface area contributed by atoms with Gasteiger partial charge in [0.05, 0.1) is 18.2 Å². The minimum absolute atomic E-state index is 0.175. The number of urea groups is 1. The number of amides is 2. The van der Waals surface area contributed by atoms with Crippen molar-refractivity contribution in [3.63, 3.8) is 0 Å². The first-order chi connectivity index (χ1) is 12.7. The first-order valence-corrected chi connectivity index (χ1v) is 8.64. The molecule has 1 saturated heterocycles. The molecule has 26 heavy (non-hydrogen) atoms. The molecule has 0 saturated carbocycles. The molecule has 2 aromatic carbocycles. The van der Waals surface area contributed by atoms with Crippen molar-refractivity contribution < 1.29 is 14.3 Å². The van der Waals surface area contributed by atoms with E-state index in [1.54, 1.807) is 29.2 Å². The van der Waals surface area contributed by atoms with Crippen molar-refractivity contribution in [1.29, 1.82) is 5.26 Å². The third-order valence-corrected chi connectivity index (χ3v) is 4.81. The third-order valence-electron chi connectivity index (χ3n) is 4.81. The van der Waals surface area contributed by atoms with Crippen molar-refractivity contribution in [1.82, 2.24) is 4.90 Å². The zero-order valence-corrected chi connectivity index (χ0v) is 14.3. The lowest BCUT2D eigenvalue weighted by Gasteiger charge is -2.43. The van der Waals surface area contributed by atoms with Crippen LogP contribution in [0, 0.1) is 11.3 Å². The van der Waals surface area contributed by atoms with Crippen LogP contribution in [0.2, 0.25) is 0 Å². The Balaban J connectivity index is 1.38. The molecule has 2 aliphatic rings. The summed E-state index contributed by atoms with van der Waals surface area (Å²) in [5.41, 5.74) is 2.19. The number of ether oxygens (including phenoxy) is 2. The van der Waals surface area contributed by atoms with Gasteiger partial charge in [-0.1, -0.05) is 24.3 Å². The van der Waals surface area contributed by atoms with Crippen molar-refractivity contribution in [2.75, 3.05) is 18.4 Å². The maximum atomic E-state index is 12.5. The van der Waals surface area contributed by atoms with Gasteiger partial charge in [-0.05, 0) is 24.3 Å². The van der Waals surface area contributed by atoms with Crippen LogP contribution in [0.15, 0.2) is 48.5 Å². The van der Waals surface area contributed by atoms with Gasteiger partial charge in [-0.2, -0.15) is 5.26 Å². The molecule has 2 aromatic rings. The third kappa shape index (κ3) is 3.22. The smallest absolute Gasteiger partial charge is 0.321 e. The summed E-state index contributed by atoms with van der Waals surface area (Å²) >= 11 is 0. The Morgan fingerprint density at radius 3 is 2.77 bits per heavy atom. The molecule has 1 N–H and O–H groups in total. The number of piperidine rings is 1. The van der Waals surface area contributed by atoms with Gasteiger partial charge in [-0.3, -0.25) is 0 Å². The molecule has 6 heteroatoms. The monoisotopic (exact) mass is 349 g/mol. The molecule has 0 atom stereocenters. The van der Waals surface area contributed by atoms with Crippen LogP contribution in [0.5, 0.6) is 5.75 Å². The minimum atomic E-state index is -0.647. The number of fused-ring (bicyclic) bond motifs is 1. The SMILES string of the molecule is N#Cc1cccc(NC(=O)N2CCC3(CC2)OCc2ccccc2O3)c1. The van der Waals surface area contributed by atoms with Crippen molar-refractivity contribution in [2.24, 2.45) is 0 Å². The van der Waals surface area contributed by atoms with E-state index in [9.17, 15) is 4.79 Å². The van der Waals surface area contributed by atoms with Crippen LogP contribution < -0.4 is 10.1 Å². The Hall–Kier alpha value is -3.04. The Labute approximate surface area is 151 Å². The molecule has 6 nitrogen and oxygen atoms in total. The molecule has 132 valence electrons. The first kappa shape index (κ1) is 16.4. The number of hydrogen-bond donors (Lipinski definition) is 1. The highest BCUT2D eigenvalue weighted by atomic mass is 16.7. The number of carbonyl (C=O) groups is 1. The van der Waals surface area contributed by atoms with Gasteiger partial charge >= 0.3 is 6.03 Å². The summed E-state index contributed by atoms with van der Waals surface area (Å²) in [5, 5.41) is 11.8. The largest absolute Gasteiger partial charge is 0.462 e. The lowest BCUT2D eigenvalue weighted by atomic mass is 10.0. The van der Waals surface area contributed by atoms with E-state index in [4.69, 9.17) is 14.7 Å². The second kappa shape index (κ2) is 6.70. The molecule has 2 amide bonds. The Bertz CT molecular complexity index is 867. The molecule has 1 spiro atoms. The maximum absolute atomic E-state index is 12.5. The van der Waals surface area contributed by atoms with Crippen molar-refractivity contribution in [3.05, 3.63) is 59.7 Å². The second-order valence-corrected chi connectivity index (χ2v) is 6.52. The number of nitriles is 1. The number of nitrogens with one attached hydrogen (secondary N) is 1. The summed E-state index contributed by atoms with van der Waals surface area (Å²) in [6, 6.07) is 16.7. The number of rotatable bonds is 1. The van der Waals surface area contributed by atoms with E-state index < -0.39 is 5.79 Å². The maximum Gasteiger partial charge on any atom is 0.321 e. The van der Waals surface area contributed by atoms with Crippen molar-refractivity contribution >= 4 is 11.7 Å². The number of anilines is 1. The van der Waals surface area contributed by atoms with Gasteiger partial charge < -0.3 is 19.7 Å². The van der Waals surface area contributed by atoms with Gasteiger partial charge in [0, 0.05) is 37.2 Å². The summed E-state index contributed by atoms with van der Waals surface area (Å²) in [4.78, 5) is 14.2. The summed E-state index contributed by atoms with van der Waals surface area (Å²) in [6.07, 6.45) is 1.24. The zero-order valence-electron chi connectivity index (χ0n) is 14.3. The highest BCUT2D eigenvalue weighted by Crippen LogP contribution is 2.37. The van der Waals surface area contributed by atoms with Crippen LogP contribution in [0.3, 0.4) is 0 Å². The van der Waals surface area contributed by atoms with E-state index in [1.807, 2.05) is 24.3 Å². The van der Waals surface area contributed by atoms with Crippen LogP contribution in [-0.2, 0) is 11.3 Å². The van der Waals surface area contributed by atoms with Crippen molar-refractivity contribution in [3.8, 4) is 11.8 Å².